The third-order valence-electron chi connectivity index (χ3n) is 4.20. The van der Waals surface area contributed by atoms with Gasteiger partial charge in [-0.15, -0.1) is 0 Å². The number of amides is 2. The molecule has 158 valence electrons. The zero-order valence-electron chi connectivity index (χ0n) is 16.2. The van der Waals surface area contributed by atoms with E-state index in [2.05, 4.69) is 10.6 Å². The topological polar surface area (TPSA) is 128 Å². The minimum absolute atomic E-state index is 0.0326. The highest BCUT2D eigenvalue weighted by Crippen LogP contribution is 2.12. The fourth-order valence-corrected chi connectivity index (χ4v) is 4.32. The van der Waals surface area contributed by atoms with Gasteiger partial charge in [-0.3, -0.25) is 9.59 Å². The van der Waals surface area contributed by atoms with Gasteiger partial charge in [0.1, 0.15) is 11.8 Å². The molecule has 1 aromatic carbocycles. The van der Waals surface area contributed by atoms with Gasteiger partial charge in [0.25, 0.3) is 5.91 Å². The molecule has 1 aliphatic rings. The van der Waals surface area contributed by atoms with E-state index in [9.17, 15) is 22.8 Å². The van der Waals surface area contributed by atoms with Gasteiger partial charge in [-0.05, 0) is 37.1 Å². The molecule has 2 N–H and O–H groups in total. The molecule has 9 nitrogen and oxygen atoms in total. The second kappa shape index (κ2) is 10.1. The van der Waals surface area contributed by atoms with E-state index in [-0.39, 0.29) is 11.5 Å². The maximum atomic E-state index is 11.9. The Bertz CT molecular complexity index is 878. The first-order valence-corrected chi connectivity index (χ1v) is 10.8. The Morgan fingerprint density at radius 1 is 1.24 bits per heavy atom. The van der Waals surface area contributed by atoms with Crippen molar-refractivity contribution >= 4 is 33.7 Å². The first-order valence-electron chi connectivity index (χ1n) is 8.97. The van der Waals surface area contributed by atoms with Crippen LogP contribution in [0.25, 0.3) is 6.08 Å². The van der Waals surface area contributed by atoms with Crippen LogP contribution in [0.2, 0.25) is 0 Å². The van der Waals surface area contributed by atoms with E-state index in [1.165, 1.54) is 13.0 Å². The van der Waals surface area contributed by atoms with E-state index < -0.39 is 46.3 Å². The van der Waals surface area contributed by atoms with Gasteiger partial charge < -0.3 is 20.1 Å². The number of hydrogen-bond acceptors (Lipinski definition) is 7. The molecular weight excluding hydrogens is 400 g/mol. The summed E-state index contributed by atoms with van der Waals surface area (Å²) in [5, 5.41) is 4.96. The SMILES string of the molecule is COc1ccc(/C=C/C(=O)N[C@H](C)C(=O)OCC(=O)N[C@@H]2CCS(=O)(=O)C2)cc1. The van der Waals surface area contributed by atoms with Crippen LogP contribution in [0, 0.1) is 0 Å². The number of ether oxygens (including phenoxy) is 2. The fourth-order valence-electron chi connectivity index (χ4n) is 2.65. The van der Waals surface area contributed by atoms with Crippen LogP contribution in [0.5, 0.6) is 5.75 Å². The molecule has 0 saturated carbocycles. The van der Waals surface area contributed by atoms with E-state index in [1.807, 2.05) is 0 Å². The molecule has 0 aliphatic carbocycles. The second-order valence-electron chi connectivity index (χ2n) is 6.61. The van der Waals surface area contributed by atoms with E-state index in [4.69, 9.17) is 9.47 Å². The van der Waals surface area contributed by atoms with E-state index >= 15 is 0 Å². The number of esters is 1. The number of hydrogen-bond donors (Lipinski definition) is 2. The molecule has 2 amide bonds. The molecule has 0 bridgehead atoms. The summed E-state index contributed by atoms with van der Waals surface area (Å²) in [5.41, 5.74) is 0.779. The third-order valence-corrected chi connectivity index (χ3v) is 5.97. The molecule has 2 atom stereocenters. The normalized spacial score (nSPS) is 18.8. The number of sulfone groups is 1. The number of methoxy groups -OCH3 is 1. The number of rotatable bonds is 8. The Kier molecular flexibility index (Phi) is 7.77. The van der Waals surface area contributed by atoms with Crippen molar-refractivity contribution in [3.63, 3.8) is 0 Å². The van der Waals surface area contributed by atoms with Gasteiger partial charge in [-0.1, -0.05) is 12.1 Å². The van der Waals surface area contributed by atoms with Gasteiger partial charge in [0.05, 0.1) is 18.6 Å². The lowest BCUT2D eigenvalue weighted by Gasteiger charge is -2.14. The van der Waals surface area contributed by atoms with Gasteiger partial charge >= 0.3 is 5.97 Å². The molecule has 10 heteroatoms. The fraction of sp³-hybridized carbons (Fsp3) is 0.421. The summed E-state index contributed by atoms with van der Waals surface area (Å²) >= 11 is 0. The van der Waals surface area contributed by atoms with Gasteiger partial charge in [0.2, 0.25) is 5.91 Å². The summed E-state index contributed by atoms with van der Waals surface area (Å²) in [7, 11) is -1.55. The molecule has 29 heavy (non-hydrogen) atoms. The summed E-state index contributed by atoms with van der Waals surface area (Å²) in [6, 6.07) is 5.63. The van der Waals surface area contributed by atoms with Gasteiger partial charge in [0.15, 0.2) is 16.4 Å². The lowest BCUT2D eigenvalue weighted by Crippen LogP contribution is -2.42. The molecule has 0 unspecified atom stereocenters. The molecule has 1 fully saturated rings. The number of nitrogens with one attached hydrogen (secondary N) is 2. The van der Waals surface area contributed by atoms with Crippen molar-refractivity contribution in [3.05, 3.63) is 35.9 Å². The summed E-state index contributed by atoms with van der Waals surface area (Å²) in [6.45, 7) is 0.889. The molecule has 1 heterocycles. The van der Waals surface area contributed by atoms with Gasteiger partial charge in [-0.2, -0.15) is 0 Å². The first-order chi connectivity index (χ1) is 13.7. The molecule has 0 aromatic heterocycles. The van der Waals surface area contributed by atoms with Crippen LogP contribution in [0.3, 0.4) is 0 Å². The zero-order valence-corrected chi connectivity index (χ0v) is 17.0. The van der Waals surface area contributed by atoms with Crippen LogP contribution in [0.15, 0.2) is 30.3 Å². The molecular formula is C19H24N2O7S. The minimum Gasteiger partial charge on any atom is -0.497 e. The Hall–Kier alpha value is -2.88. The van der Waals surface area contributed by atoms with Crippen LogP contribution in [0.4, 0.5) is 0 Å². The van der Waals surface area contributed by atoms with E-state index in [0.29, 0.717) is 12.2 Å². The number of carbonyl (C=O) groups excluding carboxylic acids is 3. The van der Waals surface area contributed by atoms with E-state index in [0.717, 1.165) is 5.56 Å². The Labute approximate surface area is 169 Å². The molecule has 1 aliphatic heterocycles. The molecule has 0 spiro atoms. The Morgan fingerprint density at radius 2 is 1.93 bits per heavy atom. The van der Waals surface area contributed by atoms with Gasteiger partial charge in [-0.25, -0.2) is 13.2 Å². The predicted octanol–water partition coefficient (Wildman–Crippen LogP) is 0.0596. The highest BCUT2D eigenvalue weighted by Gasteiger charge is 2.29. The lowest BCUT2D eigenvalue weighted by atomic mass is 10.2. The number of benzene rings is 1. The van der Waals surface area contributed by atoms with Crippen molar-refractivity contribution in [2.24, 2.45) is 0 Å². The van der Waals surface area contributed by atoms with Crippen LogP contribution >= 0.6 is 0 Å². The smallest absolute Gasteiger partial charge is 0.328 e. The van der Waals surface area contributed by atoms with Crippen molar-refractivity contribution in [1.82, 2.24) is 10.6 Å². The zero-order chi connectivity index (χ0) is 21.4. The molecule has 0 radical (unpaired) electrons. The van der Waals surface area contributed by atoms with Crippen molar-refractivity contribution < 1.29 is 32.3 Å². The largest absolute Gasteiger partial charge is 0.497 e. The number of carbonyl (C=O) groups is 3. The first kappa shape index (κ1) is 22.4. The summed E-state index contributed by atoms with van der Waals surface area (Å²) in [4.78, 5) is 35.6. The van der Waals surface area contributed by atoms with Crippen molar-refractivity contribution in [2.45, 2.75) is 25.4 Å². The van der Waals surface area contributed by atoms with Crippen LogP contribution < -0.4 is 15.4 Å². The molecule has 1 saturated heterocycles. The standard InChI is InChI=1S/C19H24N2O7S/c1-13(20-17(22)8-5-14-3-6-16(27-2)7-4-14)19(24)28-11-18(23)21-15-9-10-29(25,26)12-15/h3-8,13,15H,9-12H2,1-2H3,(H,20,22)(H,21,23)/b8-5+/t13-,15-/m1/s1. The van der Waals surface area contributed by atoms with Crippen LogP contribution in [0.1, 0.15) is 18.9 Å². The lowest BCUT2D eigenvalue weighted by molar-refractivity contribution is -0.151. The minimum atomic E-state index is -3.11. The monoisotopic (exact) mass is 424 g/mol. The summed E-state index contributed by atoms with van der Waals surface area (Å²) < 4.78 is 32.6. The summed E-state index contributed by atoms with van der Waals surface area (Å²) in [6.07, 6.45) is 3.20. The maximum absolute atomic E-state index is 11.9. The third kappa shape index (κ3) is 7.57. The van der Waals surface area contributed by atoms with Crippen molar-refractivity contribution in [1.29, 1.82) is 0 Å². The van der Waals surface area contributed by atoms with Crippen molar-refractivity contribution in [2.75, 3.05) is 25.2 Å². The Morgan fingerprint density at radius 3 is 2.52 bits per heavy atom. The quantitative estimate of drug-likeness (QED) is 0.446. The van der Waals surface area contributed by atoms with Crippen LogP contribution in [-0.2, 0) is 29.0 Å². The highest BCUT2D eigenvalue weighted by atomic mass is 32.2. The molecule has 1 aromatic rings. The van der Waals surface area contributed by atoms with Gasteiger partial charge in [0, 0.05) is 12.1 Å². The van der Waals surface area contributed by atoms with Crippen LogP contribution in [-0.4, -0.2) is 63.5 Å². The summed E-state index contributed by atoms with van der Waals surface area (Å²) in [5.74, 6) is -1.24. The maximum Gasteiger partial charge on any atom is 0.328 e. The second-order valence-corrected chi connectivity index (χ2v) is 8.84. The van der Waals surface area contributed by atoms with Crippen molar-refractivity contribution in [3.8, 4) is 5.75 Å². The predicted molar refractivity (Wildman–Crippen MR) is 106 cm³/mol. The average Bonchev–Trinajstić information content (AvgIpc) is 3.02. The van der Waals surface area contributed by atoms with E-state index in [1.54, 1.807) is 37.5 Å². The molecule has 2 rings (SSSR count). The Balaban J connectivity index is 1.72. The highest BCUT2D eigenvalue weighted by molar-refractivity contribution is 7.91. The average molecular weight is 424 g/mol.